The van der Waals surface area contributed by atoms with E-state index in [1.165, 1.54) is 0 Å². The van der Waals surface area contributed by atoms with E-state index >= 15 is 0 Å². The molecular formula is C21H20ClN3O2. The molecule has 4 rings (SSSR count). The number of ether oxygens (including phenoxy) is 1. The van der Waals surface area contributed by atoms with Gasteiger partial charge in [0.25, 0.3) is 0 Å². The van der Waals surface area contributed by atoms with Gasteiger partial charge in [0.1, 0.15) is 11.9 Å². The predicted molar refractivity (Wildman–Crippen MR) is 107 cm³/mol. The summed E-state index contributed by atoms with van der Waals surface area (Å²) in [6.45, 7) is 1.32. The number of nitrogens with zero attached hydrogens (tertiary/aromatic N) is 2. The van der Waals surface area contributed by atoms with Crippen molar-refractivity contribution in [3.63, 3.8) is 0 Å². The van der Waals surface area contributed by atoms with Crippen LogP contribution in [0.3, 0.4) is 0 Å². The second kappa shape index (κ2) is 7.84. The van der Waals surface area contributed by atoms with Gasteiger partial charge in [0, 0.05) is 42.0 Å². The van der Waals surface area contributed by atoms with Crippen molar-refractivity contribution in [2.75, 3.05) is 18.4 Å². The number of likely N-dealkylation sites (tertiary alicyclic amines) is 1. The Balaban J connectivity index is 1.31. The number of urea groups is 1. The Labute approximate surface area is 162 Å². The van der Waals surface area contributed by atoms with Crippen LogP contribution in [0, 0.1) is 0 Å². The number of hydrogen-bond acceptors (Lipinski definition) is 3. The smallest absolute Gasteiger partial charge is 0.321 e. The summed E-state index contributed by atoms with van der Waals surface area (Å²) in [5.41, 5.74) is 1.70. The summed E-state index contributed by atoms with van der Waals surface area (Å²) < 4.78 is 6.09. The van der Waals surface area contributed by atoms with Gasteiger partial charge in [0.15, 0.2) is 0 Å². The van der Waals surface area contributed by atoms with Gasteiger partial charge in [-0.05, 0) is 36.4 Å². The summed E-state index contributed by atoms with van der Waals surface area (Å²) in [7, 11) is 0. The Hall–Kier alpha value is -2.79. The van der Waals surface area contributed by atoms with E-state index < -0.39 is 0 Å². The van der Waals surface area contributed by atoms with Crippen LogP contribution in [0.15, 0.2) is 60.8 Å². The molecule has 1 aliphatic rings. The van der Waals surface area contributed by atoms with Crippen molar-refractivity contribution in [2.45, 2.75) is 18.9 Å². The fraction of sp³-hybridized carbons (Fsp3) is 0.238. The summed E-state index contributed by atoms with van der Waals surface area (Å²) in [5.74, 6) is 0.776. The molecular weight excluding hydrogens is 362 g/mol. The molecule has 5 nitrogen and oxygen atoms in total. The molecule has 2 aromatic carbocycles. The molecule has 2 amide bonds. The van der Waals surface area contributed by atoms with Gasteiger partial charge < -0.3 is 15.0 Å². The van der Waals surface area contributed by atoms with Crippen LogP contribution in [0.25, 0.3) is 10.9 Å². The number of halogens is 1. The van der Waals surface area contributed by atoms with Gasteiger partial charge in [-0.1, -0.05) is 29.8 Å². The van der Waals surface area contributed by atoms with Crippen LogP contribution >= 0.6 is 11.6 Å². The number of aromatic nitrogens is 1. The lowest BCUT2D eigenvalue weighted by Crippen LogP contribution is -2.43. The molecule has 0 aliphatic carbocycles. The van der Waals surface area contributed by atoms with Crippen LogP contribution in [0.5, 0.6) is 5.75 Å². The molecule has 0 unspecified atom stereocenters. The third-order valence-corrected chi connectivity index (χ3v) is 4.94. The molecule has 1 aliphatic heterocycles. The monoisotopic (exact) mass is 381 g/mol. The first-order chi connectivity index (χ1) is 13.2. The van der Waals surface area contributed by atoms with Crippen LogP contribution < -0.4 is 10.1 Å². The van der Waals surface area contributed by atoms with E-state index in [2.05, 4.69) is 10.3 Å². The Morgan fingerprint density at radius 2 is 1.85 bits per heavy atom. The quantitative estimate of drug-likeness (QED) is 0.697. The van der Waals surface area contributed by atoms with E-state index in [0.717, 1.165) is 35.2 Å². The molecule has 6 heteroatoms. The number of hydrogen-bond donors (Lipinski definition) is 1. The summed E-state index contributed by atoms with van der Waals surface area (Å²) >= 11 is 5.87. The first kappa shape index (κ1) is 17.6. The summed E-state index contributed by atoms with van der Waals surface area (Å²) in [6, 6.07) is 17.0. The minimum absolute atomic E-state index is 0.0903. The normalized spacial score (nSPS) is 14.9. The number of piperidine rings is 1. The fourth-order valence-electron chi connectivity index (χ4n) is 3.22. The van der Waals surface area contributed by atoms with Gasteiger partial charge in [-0.15, -0.1) is 0 Å². The van der Waals surface area contributed by atoms with Crippen LogP contribution in [-0.2, 0) is 0 Å². The third kappa shape index (κ3) is 4.31. The van der Waals surface area contributed by atoms with Gasteiger partial charge >= 0.3 is 6.03 Å². The fourth-order valence-corrected chi connectivity index (χ4v) is 3.35. The van der Waals surface area contributed by atoms with Gasteiger partial charge in [-0.2, -0.15) is 0 Å². The number of para-hydroxylation sites is 1. The van der Waals surface area contributed by atoms with Crippen LogP contribution in [0.1, 0.15) is 12.8 Å². The van der Waals surface area contributed by atoms with E-state index in [0.29, 0.717) is 18.1 Å². The minimum atomic E-state index is -0.0943. The highest BCUT2D eigenvalue weighted by atomic mass is 35.5. The van der Waals surface area contributed by atoms with Crippen LogP contribution in [0.4, 0.5) is 10.5 Å². The number of nitrogens with one attached hydrogen (secondary N) is 1. The average Bonchev–Trinajstić information content (AvgIpc) is 2.70. The molecule has 0 bridgehead atoms. The van der Waals surface area contributed by atoms with Crippen LogP contribution in [0.2, 0.25) is 5.02 Å². The average molecular weight is 382 g/mol. The summed E-state index contributed by atoms with van der Waals surface area (Å²) in [6.07, 6.45) is 3.44. The molecule has 1 aromatic heterocycles. The maximum absolute atomic E-state index is 12.4. The van der Waals surface area contributed by atoms with Gasteiger partial charge in [0.05, 0.1) is 11.7 Å². The molecule has 2 heterocycles. The molecule has 1 fully saturated rings. The SMILES string of the molecule is O=C(Nc1ccc(Cl)cc1)N1CCC(Oc2cnc3ccccc3c2)CC1. The molecule has 1 N–H and O–H groups in total. The van der Waals surface area contributed by atoms with Crippen molar-refractivity contribution in [3.05, 3.63) is 65.8 Å². The molecule has 0 radical (unpaired) electrons. The standard InChI is InChI=1S/C21H20ClN3O2/c22-16-5-7-17(8-6-16)24-21(26)25-11-9-18(10-12-25)27-19-13-15-3-1-2-4-20(15)23-14-19/h1-8,13-14,18H,9-12H2,(H,24,26). The zero-order valence-electron chi connectivity index (χ0n) is 14.8. The zero-order chi connectivity index (χ0) is 18.6. The number of carbonyl (C=O) groups excluding carboxylic acids is 1. The first-order valence-corrected chi connectivity index (χ1v) is 9.38. The number of fused-ring (bicyclic) bond motifs is 1. The molecule has 138 valence electrons. The molecule has 1 saturated heterocycles. The number of pyridine rings is 1. The van der Waals surface area contributed by atoms with Gasteiger partial charge in [-0.25, -0.2) is 4.79 Å². The second-order valence-corrected chi connectivity index (χ2v) is 7.04. The number of rotatable bonds is 3. The van der Waals surface area contributed by atoms with E-state index in [9.17, 15) is 4.79 Å². The van der Waals surface area contributed by atoms with Crippen molar-refractivity contribution >= 4 is 34.2 Å². The molecule has 0 saturated carbocycles. The Morgan fingerprint density at radius 3 is 2.63 bits per heavy atom. The van der Waals surface area contributed by atoms with Crippen molar-refractivity contribution in [1.29, 1.82) is 0 Å². The van der Waals surface area contributed by atoms with Gasteiger partial charge in [0.2, 0.25) is 0 Å². The number of anilines is 1. The second-order valence-electron chi connectivity index (χ2n) is 6.61. The molecule has 0 atom stereocenters. The lowest BCUT2D eigenvalue weighted by atomic mass is 10.1. The van der Waals surface area contributed by atoms with Crippen molar-refractivity contribution in [1.82, 2.24) is 9.88 Å². The van der Waals surface area contributed by atoms with Crippen LogP contribution in [-0.4, -0.2) is 35.1 Å². The number of amides is 2. The van der Waals surface area contributed by atoms with Gasteiger partial charge in [-0.3, -0.25) is 4.98 Å². The summed E-state index contributed by atoms with van der Waals surface area (Å²) in [4.78, 5) is 18.6. The molecule has 27 heavy (non-hydrogen) atoms. The Morgan fingerprint density at radius 1 is 1.11 bits per heavy atom. The maximum Gasteiger partial charge on any atom is 0.321 e. The highest BCUT2D eigenvalue weighted by Crippen LogP contribution is 2.23. The predicted octanol–water partition coefficient (Wildman–Crippen LogP) is 4.96. The highest BCUT2D eigenvalue weighted by molar-refractivity contribution is 6.30. The topological polar surface area (TPSA) is 54.5 Å². The van der Waals surface area contributed by atoms with E-state index in [-0.39, 0.29) is 12.1 Å². The summed E-state index contributed by atoms with van der Waals surface area (Å²) in [5, 5.41) is 4.61. The lowest BCUT2D eigenvalue weighted by Gasteiger charge is -2.32. The minimum Gasteiger partial charge on any atom is -0.489 e. The lowest BCUT2D eigenvalue weighted by molar-refractivity contribution is 0.115. The highest BCUT2D eigenvalue weighted by Gasteiger charge is 2.24. The largest absolute Gasteiger partial charge is 0.489 e. The Kier molecular flexibility index (Phi) is 5.12. The number of benzene rings is 2. The van der Waals surface area contributed by atoms with Crippen molar-refractivity contribution in [2.24, 2.45) is 0 Å². The third-order valence-electron chi connectivity index (χ3n) is 4.69. The first-order valence-electron chi connectivity index (χ1n) is 9.00. The number of carbonyl (C=O) groups is 1. The molecule has 0 spiro atoms. The molecule has 3 aromatic rings. The van der Waals surface area contributed by atoms with E-state index in [1.807, 2.05) is 35.2 Å². The zero-order valence-corrected chi connectivity index (χ0v) is 15.5. The van der Waals surface area contributed by atoms with E-state index in [4.69, 9.17) is 16.3 Å². The van der Waals surface area contributed by atoms with Crippen molar-refractivity contribution in [3.8, 4) is 5.75 Å². The van der Waals surface area contributed by atoms with E-state index in [1.54, 1.807) is 30.5 Å². The van der Waals surface area contributed by atoms with Crippen molar-refractivity contribution < 1.29 is 9.53 Å². The maximum atomic E-state index is 12.4. The Bertz CT molecular complexity index is 938.